The van der Waals surface area contributed by atoms with E-state index in [1.807, 2.05) is 19.4 Å². The largest absolute Gasteiger partial charge is 0.298 e. The van der Waals surface area contributed by atoms with Crippen molar-refractivity contribution in [1.82, 2.24) is 14.7 Å². The second-order valence-corrected chi connectivity index (χ2v) is 5.86. The summed E-state index contributed by atoms with van der Waals surface area (Å²) in [6, 6.07) is 0. The van der Waals surface area contributed by atoms with Crippen molar-refractivity contribution in [3.05, 3.63) is 18.0 Å². The fraction of sp³-hybridized carbons (Fsp3) is 0.750. The molecule has 0 unspecified atom stereocenters. The first kappa shape index (κ1) is 15.2. The Morgan fingerprint density at radius 3 is 2.50 bits per heavy atom. The summed E-state index contributed by atoms with van der Waals surface area (Å²) in [6.45, 7) is 6.26. The summed E-state index contributed by atoms with van der Waals surface area (Å²) in [5.74, 6) is 0.433. The molecule has 0 amide bonds. The molecule has 1 saturated carbocycles. The number of carbonyl (C=O) groups excluding carboxylic acids is 1. The van der Waals surface area contributed by atoms with Gasteiger partial charge in [0, 0.05) is 19.7 Å². The monoisotopic (exact) mass is 277 g/mol. The normalized spacial score (nSPS) is 17.8. The van der Waals surface area contributed by atoms with Crippen LogP contribution in [0.1, 0.15) is 51.5 Å². The zero-order chi connectivity index (χ0) is 14.6. The lowest BCUT2D eigenvalue weighted by Crippen LogP contribution is -2.52. The van der Waals surface area contributed by atoms with Gasteiger partial charge in [-0.3, -0.25) is 14.4 Å². The summed E-state index contributed by atoms with van der Waals surface area (Å²) in [5, 5.41) is 4.17. The molecule has 1 fully saturated rings. The van der Waals surface area contributed by atoms with Gasteiger partial charge in [0.05, 0.1) is 11.7 Å². The minimum atomic E-state index is -0.175. The van der Waals surface area contributed by atoms with Gasteiger partial charge in [-0.05, 0) is 37.9 Å². The van der Waals surface area contributed by atoms with Crippen molar-refractivity contribution >= 4 is 5.78 Å². The highest BCUT2D eigenvalue weighted by atomic mass is 16.1. The summed E-state index contributed by atoms with van der Waals surface area (Å²) in [5.41, 5.74) is 0.986. The summed E-state index contributed by atoms with van der Waals surface area (Å²) in [7, 11) is 1.92. The van der Waals surface area contributed by atoms with Gasteiger partial charge in [-0.25, -0.2) is 0 Å². The van der Waals surface area contributed by atoms with Crippen LogP contribution in [0.3, 0.4) is 0 Å². The van der Waals surface area contributed by atoms with E-state index < -0.39 is 0 Å². The topological polar surface area (TPSA) is 38.1 Å². The van der Waals surface area contributed by atoms with E-state index in [1.54, 1.807) is 4.68 Å². The Bertz CT molecular complexity index is 442. The fourth-order valence-electron chi connectivity index (χ4n) is 3.65. The molecule has 4 nitrogen and oxygen atoms in total. The number of Topliss-reactive ketones (excluding diaryl/α,β-unsaturated/α-hetero) is 1. The van der Waals surface area contributed by atoms with E-state index in [2.05, 4.69) is 23.8 Å². The molecule has 4 heteroatoms. The van der Waals surface area contributed by atoms with Gasteiger partial charge in [0.25, 0.3) is 0 Å². The van der Waals surface area contributed by atoms with Crippen LogP contribution in [-0.2, 0) is 18.3 Å². The molecular formula is C16H27N3O. The van der Waals surface area contributed by atoms with Crippen LogP contribution in [0.15, 0.2) is 12.4 Å². The molecular weight excluding hydrogens is 250 g/mol. The minimum absolute atomic E-state index is 0.175. The van der Waals surface area contributed by atoms with Crippen LogP contribution in [0.2, 0.25) is 0 Å². The van der Waals surface area contributed by atoms with Crippen LogP contribution < -0.4 is 0 Å². The Labute approximate surface area is 122 Å². The van der Waals surface area contributed by atoms with Gasteiger partial charge in [-0.15, -0.1) is 0 Å². The predicted molar refractivity (Wildman–Crippen MR) is 80.7 cm³/mol. The van der Waals surface area contributed by atoms with Gasteiger partial charge in [-0.2, -0.15) is 5.10 Å². The Hall–Kier alpha value is -1.16. The molecule has 1 aliphatic rings. The van der Waals surface area contributed by atoms with Crippen molar-refractivity contribution in [2.24, 2.45) is 7.05 Å². The van der Waals surface area contributed by atoms with Crippen LogP contribution in [0.5, 0.6) is 0 Å². The van der Waals surface area contributed by atoms with Gasteiger partial charge in [0.15, 0.2) is 5.78 Å². The third-order valence-electron chi connectivity index (χ3n) is 4.72. The number of ketones is 1. The van der Waals surface area contributed by atoms with Crippen LogP contribution in [0, 0.1) is 0 Å². The van der Waals surface area contributed by atoms with E-state index in [1.165, 1.54) is 12.8 Å². The number of rotatable bonds is 7. The van der Waals surface area contributed by atoms with Crippen molar-refractivity contribution in [2.45, 2.75) is 57.9 Å². The number of hydrogen-bond acceptors (Lipinski definition) is 3. The SMILES string of the molecule is CCN(CC)C1(C(=O)CCc2cnn(C)c2)CCCC1. The first-order valence-electron chi connectivity index (χ1n) is 7.88. The molecule has 2 rings (SSSR count). The predicted octanol–water partition coefficient (Wildman–Crippen LogP) is 2.58. The zero-order valence-electron chi connectivity index (χ0n) is 13.1. The molecule has 0 spiro atoms. The van der Waals surface area contributed by atoms with E-state index in [0.717, 1.165) is 37.9 Å². The van der Waals surface area contributed by atoms with Crippen LogP contribution in [0.4, 0.5) is 0 Å². The molecule has 0 bridgehead atoms. The highest BCUT2D eigenvalue weighted by molar-refractivity contribution is 5.89. The average molecular weight is 277 g/mol. The van der Waals surface area contributed by atoms with Crippen molar-refractivity contribution in [3.63, 3.8) is 0 Å². The van der Waals surface area contributed by atoms with Crippen LogP contribution >= 0.6 is 0 Å². The number of likely N-dealkylation sites (N-methyl/N-ethyl adjacent to an activating group) is 1. The van der Waals surface area contributed by atoms with Crippen LogP contribution in [-0.4, -0.2) is 39.1 Å². The Morgan fingerprint density at radius 2 is 2.00 bits per heavy atom. The lowest BCUT2D eigenvalue weighted by atomic mass is 9.86. The second kappa shape index (κ2) is 6.53. The van der Waals surface area contributed by atoms with E-state index >= 15 is 0 Å². The van der Waals surface area contributed by atoms with Gasteiger partial charge in [-0.1, -0.05) is 26.7 Å². The van der Waals surface area contributed by atoms with E-state index in [4.69, 9.17) is 0 Å². The van der Waals surface area contributed by atoms with Gasteiger partial charge in [0.2, 0.25) is 0 Å². The maximum Gasteiger partial charge on any atom is 0.153 e. The highest BCUT2D eigenvalue weighted by Gasteiger charge is 2.43. The minimum Gasteiger partial charge on any atom is -0.298 e. The highest BCUT2D eigenvalue weighted by Crippen LogP contribution is 2.37. The van der Waals surface area contributed by atoms with Gasteiger partial charge in [0.1, 0.15) is 0 Å². The number of aromatic nitrogens is 2. The average Bonchev–Trinajstić information content (AvgIpc) is 3.08. The summed E-state index contributed by atoms with van der Waals surface area (Å²) in [6.07, 6.45) is 9.79. The molecule has 20 heavy (non-hydrogen) atoms. The van der Waals surface area contributed by atoms with Gasteiger partial charge >= 0.3 is 0 Å². The molecule has 1 heterocycles. The number of hydrogen-bond donors (Lipinski definition) is 0. The van der Waals surface area contributed by atoms with E-state index in [9.17, 15) is 4.79 Å². The first-order chi connectivity index (χ1) is 9.62. The molecule has 1 aliphatic carbocycles. The van der Waals surface area contributed by atoms with Crippen molar-refractivity contribution in [3.8, 4) is 0 Å². The van der Waals surface area contributed by atoms with Crippen molar-refractivity contribution in [1.29, 1.82) is 0 Å². The van der Waals surface area contributed by atoms with E-state index in [0.29, 0.717) is 12.2 Å². The molecule has 0 radical (unpaired) electrons. The summed E-state index contributed by atoms with van der Waals surface area (Å²) in [4.78, 5) is 15.2. The summed E-state index contributed by atoms with van der Waals surface area (Å²) >= 11 is 0. The molecule has 112 valence electrons. The quantitative estimate of drug-likeness (QED) is 0.769. The second-order valence-electron chi connectivity index (χ2n) is 5.86. The Morgan fingerprint density at radius 1 is 1.35 bits per heavy atom. The standard InChI is InChI=1S/C16H27N3O/c1-4-19(5-2)16(10-6-7-11-16)15(20)9-8-14-12-17-18(3)13-14/h12-13H,4-11H2,1-3H3. The number of aryl methyl sites for hydroxylation is 2. The zero-order valence-corrected chi connectivity index (χ0v) is 13.1. The van der Waals surface area contributed by atoms with E-state index in [-0.39, 0.29) is 5.54 Å². The molecule has 0 N–H and O–H groups in total. The third kappa shape index (κ3) is 2.95. The Kier molecular flexibility index (Phi) is 4.97. The smallest absolute Gasteiger partial charge is 0.153 e. The number of nitrogens with zero attached hydrogens (tertiary/aromatic N) is 3. The lowest BCUT2D eigenvalue weighted by Gasteiger charge is -2.39. The molecule has 1 aromatic heterocycles. The third-order valence-corrected chi connectivity index (χ3v) is 4.72. The maximum atomic E-state index is 12.8. The van der Waals surface area contributed by atoms with Crippen molar-refractivity contribution < 1.29 is 4.79 Å². The molecule has 1 aromatic rings. The van der Waals surface area contributed by atoms with Crippen molar-refractivity contribution in [2.75, 3.05) is 13.1 Å². The maximum absolute atomic E-state index is 12.8. The van der Waals surface area contributed by atoms with Crippen LogP contribution in [0.25, 0.3) is 0 Å². The Balaban J connectivity index is 2.03. The first-order valence-corrected chi connectivity index (χ1v) is 7.88. The molecule has 0 aromatic carbocycles. The summed E-state index contributed by atoms with van der Waals surface area (Å²) < 4.78 is 1.80. The van der Waals surface area contributed by atoms with Gasteiger partial charge < -0.3 is 0 Å². The molecule has 0 saturated heterocycles. The lowest BCUT2D eigenvalue weighted by molar-refractivity contribution is -0.131. The number of carbonyl (C=O) groups is 1. The molecule has 0 aliphatic heterocycles. The molecule has 0 atom stereocenters. The fourth-order valence-corrected chi connectivity index (χ4v) is 3.65.